The van der Waals surface area contributed by atoms with Crippen molar-refractivity contribution in [1.29, 1.82) is 0 Å². The van der Waals surface area contributed by atoms with Crippen LogP contribution >= 0.6 is 0 Å². The molecule has 0 amide bonds. The van der Waals surface area contributed by atoms with Crippen LogP contribution in [-0.4, -0.2) is 22.6 Å². The van der Waals surface area contributed by atoms with Crippen molar-refractivity contribution in [2.24, 2.45) is 0 Å². The Bertz CT molecular complexity index is 365. The molecule has 108 valence electrons. The van der Waals surface area contributed by atoms with Gasteiger partial charge in [0.15, 0.2) is 0 Å². The van der Waals surface area contributed by atoms with E-state index in [1.807, 2.05) is 0 Å². The third-order valence-corrected chi connectivity index (χ3v) is 3.30. The van der Waals surface area contributed by atoms with Crippen LogP contribution in [0.4, 0.5) is 11.6 Å². The lowest BCUT2D eigenvalue weighted by Gasteiger charge is -2.17. The van der Waals surface area contributed by atoms with Gasteiger partial charge in [-0.2, -0.15) is 0 Å². The first-order valence-electron chi connectivity index (χ1n) is 7.51. The van der Waals surface area contributed by atoms with Crippen LogP contribution in [0.3, 0.4) is 0 Å². The van der Waals surface area contributed by atoms with E-state index < -0.39 is 0 Å². The van der Waals surface area contributed by atoms with Crippen LogP contribution in [0.15, 0.2) is 6.33 Å². The molecule has 0 radical (unpaired) electrons. The maximum absolute atomic E-state index is 4.34. The Morgan fingerprint density at radius 1 is 1.11 bits per heavy atom. The molecule has 0 aliphatic heterocycles. The molecule has 0 aromatic carbocycles. The second-order valence-electron chi connectivity index (χ2n) is 5.12. The first-order chi connectivity index (χ1) is 9.19. The summed E-state index contributed by atoms with van der Waals surface area (Å²) in [6.45, 7) is 9.48. The van der Waals surface area contributed by atoms with Crippen LogP contribution < -0.4 is 10.6 Å². The molecule has 0 bridgehead atoms. The third-order valence-electron chi connectivity index (χ3n) is 3.30. The van der Waals surface area contributed by atoms with Gasteiger partial charge in [-0.05, 0) is 27.2 Å². The van der Waals surface area contributed by atoms with E-state index in [1.54, 1.807) is 6.33 Å². The van der Waals surface area contributed by atoms with Gasteiger partial charge in [0, 0.05) is 18.2 Å². The topological polar surface area (TPSA) is 49.8 Å². The summed E-state index contributed by atoms with van der Waals surface area (Å²) in [6.07, 6.45) is 8.06. The molecule has 19 heavy (non-hydrogen) atoms. The molecule has 1 aromatic rings. The molecular weight excluding hydrogens is 236 g/mol. The second kappa shape index (κ2) is 8.73. The van der Waals surface area contributed by atoms with E-state index in [1.165, 1.54) is 32.1 Å². The summed E-state index contributed by atoms with van der Waals surface area (Å²) >= 11 is 0. The zero-order chi connectivity index (χ0) is 14.1. The van der Waals surface area contributed by atoms with Crippen LogP contribution in [0.5, 0.6) is 0 Å². The van der Waals surface area contributed by atoms with Crippen molar-refractivity contribution in [3.8, 4) is 0 Å². The zero-order valence-corrected chi connectivity index (χ0v) is 12.8. The highest BCUT2D eigenvalue weighted by Gasteiger charge is 2.09. The Hall–Kier alpha value is -1.32. The molecule has 0 aliphatic carbocycles. The van der Waals surface area contributed by atoms with Crippen molar-refractivity contribution in [2.75, 3.05) is 17.2 Å². The van der Waals surface area contributed by atoms with Crippen LogP contribution in [0.1, 0.15) is 58.4 Å². The molecular formula is C15H28N4. The van der Waals surface area contributed by atoms with E-state index in [-0.39, 0.29) is 0 Å². The number of aromatic nitrogens is 2. The van der Waals surface area contributed by atoms with E-state index in [0.717, 1.165) is 23.7 Å². The Labute approximate surface area is 117 Å². The molecule has 1 rings (SSSR count). The SMILES string of the molecule is CCCCCCC(C)Nc1ncnc(NCC)c1C. The number of unbranched alkanes of at least 4 members (excludes halogenated alkanes) is 3. The predicted octanol–water partition coefficient (Wildman–Crippen LogP) is 3.99. The van der Waals surface area contributed by atoms with E-state index in [0.29, 0.717) is 6.04 Å². The molecule has 1 atom stereocenters. The highest BCUT2D eigenvalue weighted by atomic mass is 15.1. The molecule has 1 aromatic heterocycles. The fraction of sp³-hybridized carbons (Fsp3) is 0.733. The molecule has 1 heterocycles. The Morgan fingerprint density at radius 2 is 1.84 bits per heavy atom. The van der Waals surface area contributed by atoms with Gasteiger partial charge >= 0.3 is 0 Å². The van der Waals surface area contributed by atoms with Crippen LogP contribution in [0.25, 0.3) is 0 Å². The van der Waals surface area contributed by atoms with Gasteiger partial charge in [-0.25, -0.2) is 9.97 Å². The van der Waals surface area contributed by atoms with Crippen LogP contribution in [0, 0.1) is 6.92 Å². The van der Waals surface area contributed by atoms with Gasteiger partial charge in [0.1, 0.15) is 18.0 Å². The summed E-state index contributed by atoms with van der Waals surface area (Å²) in [6, 6.07) is 0.458. The quantitative estimate of drug-likeness (QED) is 0.662. The maximum atomic E-state index is 4.34. The second-order valence-corrected chi connectivity index (χ2v) is 5.12. The van der Waals surface area contributed by atoms with E-state index in [9.17, 15) is 0 Å². The number of anilines is 2. The monoisotopic (exact) mass is 264 g/mol. The lowest BCUT2D eigenvalue weighted by Crippen LogP contribution is -2.17. The van der Waals surface area contributed by atoms with Crippen LogP contribution in [0.2, 0.25) is 0 Å². The maximum Gasteiger partial charge on any atom is 0.134 e. The standard InChI is InChI=1S/C15H28N4/c1-5-7-8-9-10-12(3)19-15-13(4)14(16-6-2)17-11-18-15/h11-12H,5-10H2,1-4H3,(H2,16,17,18,19). The predicted molar refractivity (Wildman–Crippen MR) is 82.8 cm³/mol. The summed E-state index contributed by atoms with van der Waals surface area (Å²) in [5.41, 5.74) is 1.10. The molecule has 0 saturated carbocycles. The normalized spacial score (nSPS) is 12.2. The van der Waals surface area contributed by atoms with Crippen LogP contribution in [-0.2, 0) is 0 Å². The summed E-state index contributed by atoms with van der Waals surface area (Å²) in [4.78, 5) is 8.60. The lowest BCUT2D eigenvalue weighted by atomic mass is 10.1. The highest BCUT2D eigenvalue weighted by molar-refractivity contribution is 5.56. The van der Waals surface area contributed by atoms with Gasteiger partial charge in [-0.1, -0.05) is 32.6 Å². The molecule has 0 fully saturated rings. The average molecular weight is 264 g/mol. The fourth-order valence-electron chi connectivity index (χ4n) is 2.12. The smallest absolute Gasteiger partial charge is 0.134 e. The van der Waals surface area contributed by atoms with E-state index in [2.05, 4.69) is 48.3 Å². The van der Waals surface area contributed by atoms with Gasteiger partial charge in [0.05, 0.1) is 0 Å². The highest BCUT2D eigenvalue weighted by Crippen LogP contribution is 2.19. The van der Waals surface area contributed by atoms with Gasteiger partial charge in [-0.3, -0.25) is 0 Å². The first-order valence-corrected chi connectivity index (χ1v) is 7.51. The molecule has 4 heteroatoms. The minimum Gasteiger partial charge on any atom is -0.370 e. The van der Waals surface area contributed by atoms with Gasteiger partial charge in [0.25, 0.3) is 0 Å². The van der Waals surface area contributed by atoms with Gasteiger partial charge in [-0.15, -0.1) is 0 Å². The molecule has 1 unspecified atom stereocenters. The number of nitrogens with one attached hydrogen (secondary N) is 2. The average Bonchev–Trinajstić information content (AvgIpc) is 2.40. The van der Waals surface area contributed by atoms with Gasteiger partial charge in [0.2, 0.25) is 0 Å². The van der Waals surface area contributed by atoms with Crippen molar-refractivity contribution in [1.82, 2.24) is 9.97 Å². The number of rotatable bonds is 9. The first kappa shape index (κ1) is 15.7. The molecule has 4 nitrogen and oxygen atoms in total. The third kappa shape index (κ3) is 5.45. The summed E-state index contributed by atoms with van der Waals surface area (Å²) in [7, 11) is 0. The van der Waals surface area contributed by atoms with Gasteiger partial charge < -0.3 is 10.6 Å². The minimum atomic E-state index is 0.458. The minimum absolute atomic E-state index is 0.458. The van der Waals surface area contributed by atoms with Crippen molar-refractivity contribution in [3.05, 3.63) is 11.9 Å². The summed E-state index contributed by atoms with van der Waals surface area (Å²) < 4.78 is 0. The Kier molecular flexibility index (Phi) is 7.23. The Morgan fingerprint density at radius 3 is 2.53 bits per heavy atom. The fourth-order valence-corrected chi connectivity index (χ4v) is 2.12. The number of nitrogens with zero attached hydrogens (tertiary/aromatic N) is 2. The molecule has 0 spiro atoms. The largest absolute Gasteiger partial charge is 0.370 e. The summed E-state index contributed by atoms with van der Waals surface area (Å²) in [5.74, 6) is 1.88. The molecule has 0 saturated heterocycles. The zero-order valence-electron chi connectivity index (χ0n) is 12.8. The Balaban J connectivity index is 2.49. The van der Waals surface area contributed by atoms with Crippen molar-refractivity contribution < 1.29 is 0 Å². The molecule has 0 aliphatic rings. The number of hydrogen-bond donors (Lipinski definition) is 2. The lowest BCUT2D eigenvalue weighted by molar-refractivity contribution is 0.592. The number of hydrogen-bond acceptors (Lipinski definition) is 4. The van der Waals surface area contributed by atoms with E-state index in [4.69, 9.17) is 0 Å². The summed E-state index contributed by atoms with van der Waals surface area (Å²) in [5, 5.41) is 6.75. The van der Waals surface area contributed by atoms with Crippen molar-refractivity contribution >= 4 is 11.6 Å². The van der Waals surface area contributed by atoms with E-state index >= 15 is 0 Å². The molecule has 2 N–H and O–H groups in total. The van der Waals surface area contributed by atoms with Crippen molar-refractivity contribution in [3.63, 3.8) is 0 Å². The van der Waals surface area contributed by atoms with Crippen molar-refractivity contribution in [2.45, 2.75) is 65.8 Å².